The first kappa shape index (κ1) is 18.2. The van der Waals surface area contributed by atoms with Crippen molar-refractivity contribution in [2.75, 3.05) is 6.61 Å². The van der Waals surface area contributed by atoms with Crippen molar-refractivity contribution in [2.45, 2.75) is 39.8 Å². The summed E-state index contributed by atoms with van der Waals surface area (Å²) in [6.07, 6.45) is 0. The Morgan fingerprint density at radius 1 is 1.17 bits per heavy atom. The monoisotopic (exact) mass is 399 g/mol. The van der Waals surface area contributed by atoms with E-state index < -0.39 is 0 Å². The molecule has 18 heavy (non-hydrogen) atoms. The first-order valence-electron chi connectivity index (χ1n) is 5.69. The Balaban J connectivity index is 0.00000289. The lowest BCUT2D eigenvalue weighted by atomic mass is 10.1. The Hall–Kier alpha value is 0.230. The fraction of sp³-hybridized carbons (Fsp3) is 0.538. The van der Waals surface area contributed by atoms with Gasteiger partial charge in [0.2, 0.25) is 0 Å². The molecule has 1 N–H and O–H groups in total. The highest BCUT2D eigenvalue weighted by molar-refractivity contribution is 9.11. The van der Waals surface area contributed by atoms with Gasteiger partial charge >= 0.3 is 0 Å². The van der Waals surface area contributed by atoms with Crippen LogP contribution in [0.3, 0.4) is 0 Å². The molecule has 0 aliphatic heterocycles. The van der Waals surface area contributed by atoms with E-state index in [1.54, 1.807) is 0 Å². The van der Waals surface area contributed by atoms with Crippen LogP contribution < -0.4 is 10.1 Å². The SMILES string of the molecule is CCOc1c(Br)cc(CNC(C)(C)C)cc1Br.Cl. The Bertz CT molecular complexity index is 368. The summed E-state index contributed by atoms with van der Waals surface area (Å²) in [4.78, 5) is 0. The predicted molar refractivity (Wildman–Crippen MR) is 86.9 cm³/mol. The molecule has 1 aromatic carbocycles. The number of hydrogen-bond donors (Lipinski definition) is 1. The van der Waals surface area contributed by atoms with Crippen molar-refractivity contribution in [3.63, 3.8) is 0 Å². The van der Waals surface area contributed by atoms with Gasteiger partial charge in [0.15, 0.2) is 0 Å². The lowest BCUT2D eigenvalue weighted by Gasteiger charge is -2.21. The van der Waals surface area contributed by atoms with Crippen LogP contribution in [0, 0.1) is 0 Å². The lowest BCUT2D eigenvalue weighted by molar-refractivity contribution is 0.335. The molecule has 0 saturated carbocycles. The summed E-state index contributed by atoms with van der Waals surface area (Å²) in [5.74, 6) is 0.868. The summed E-state index contributed by atoms with van der Waals surface area (Å²) >= 11 is 7.07. The van der Waals surface area contributed by atoms with Gasteiger partial charge in [-0.15, -0.1) is 12.4 Å². The summed E-state index contributed by atoms with van der Waals surface area (Å²) in [7, 11) is 0. The molecule has 0 aliphatic rings. The minimum absolute atomic E-state index is 0. The molecule has 0 amide bonds. The summed E-state index contributed by atoms with van der Waals surface area (Å²) < 4.78 is 7.52. The second-order valence-corrected chi connectivity index (χ2v) is 6.63. The zero-order chi connectivity index (χ0) is 13.1. The lowest BCUT2D eigenvalue weighted by Crippen LogP contribution is -2.35. The van der Waals surface area contributed by atoms with E-state index in [9.17, 15) is 0 Å². The van der Waals surface area contributed by atoms with Gasteiger partial charge in [-0.1, -0.05) is 0 Å². The van der Waals surface area contributed by atoms with Gasteiger partial charge in [0, 0.05) is 12.1 Å². The van der Waals surface area contributed by atoms with E-state index in [1.165, 1.54) is 5.56 Å². The second-order valence-electron chi connectivity index (χ2n) is 4.93. The van der Waals surface area contributed by atoms with E-state index in [0.29, 0.717) is 6.61 Å². The van der Waals surface area contributed by atoms with E-state index in [-0.39, 0.29) is 17.9 Å². The van der Waals surface area contributed by atoms with Crippen LogP contribution in [-0.2, 0) is 6.54 Å². The molecular weight excluding hydrogens is 381 g/mol. The maximum Gasteiger partial charge on any atom is 0.147 e. The minimum Gasteiger partial charge on any atom is -0.492 e. The third-order valence-electron chi connectivity index (χ3n) is 2.17. The van der Waals surface area contributed by atoms with E-state index >= 15 is 0 Å². The highest BCUT2D eigenvalue weighted by Gasteiger charge is 2.11. The fourth-order valence-electron chi connectivity index (χ4n) is 1.36. The highest BCUT2D eigenvalue weighted by atomic mass is 79.9. The molecule has 0 bridgehead atoms. The molecule has 1 rings (SSSR count). The van der Waals surface area contributed by atoms with Crippen molar-refractivity contribution in [3.8, 4) is 5.75 Å². The van der Waals surface area contributed by atoms with Crippen molar-refractivity contribution >= 4 is 44.3 Å². The average Bonchev–Trinajstić information content (AvgIpc) is 2.19. The van der Waals surface area contributed by atoms with Crippen LogP contribution >= 0.6 is 44.3 Å². The highest BCUT2D eigenvalue weighted by Crippen LogP contribution is 2.34. The quantitative estimate of drug-likeness (QED) is 0.773. The fourth-order valence-corrected chi connectivity index (χ4v) is 2.87. The maximum atomic E-state index is 5.55. The third kappa shape index (κ3) is 5.91. The van der Waals surface area contributed by atoms with E-state index in [4.69, 9.17) is 4.74 Å². The number of ether oxygens (including phenoxy) is 1. The molecule has 0 aromatic heterocycles. The van der Waals surface area contributed by atoms with Gasteiger partial charge in [0.25, 0.3) is 0 Å². The van der Waals surface area contributed by atoms with Crippen molar-refractivity contribution in [1.82, 2.24) is 5.32 Å². The van der Waals surface area contributed by atoms with Crippen LogP contribution in [0.2, 0.25) is 0 Å². The molecule has 5 heteroatoms. The van der Waals surface area contributed by atoms with Gasteiger partial charge in [-0.05, 0) is 77.3 Å². The Kier molecular flexibility index (Phi) is 7.83. The van der Waals surface area contributed by atoms with Crippen LogP contribution in [0.4, 0.5) is 0 Å². The van der Waals surface area contributed by atoms with Crippen molar-refractivity contribution in [1.29, 1.82) is 0 Å². The van der Waals surface area contributed by atoms with Crippen LogP contribution in [0.15, 0.2) is 21.1 Å². The average molecular weight is 402 g/mol. The topological polar surface area (TPSA) is 21.3 Å². The number of halogens is 3. The zero-order valence-electron chi connectivity index (χ0n) is 11.1. The van der Waals surface area contributed by atoms with Crippen molar-refractivity contribution in [2.24, 2.45) is 0 Å². The van der Waals surface area contributed by atoms with Crippen LogP contribution in [0.25, 0.3) is 0 Å². The van der Waals surface area contributed by atoms with Crippen LogP contribution in [-0.4, -0.2) is 12.1 Å². The second kappa shape index (κ2) is 7.73. The smallest absolute Gasteiger partial charge is 0.147 e. The largest absolute Gasteiger partial charge is 0.492 e. The van der Waals surface area contributed by atoms with Gasteiger partial charge in [-0.25, -0.2) is 0 Å². The molecule has 0 heterocycles. The minimum atomic E-state index is 0. The summed E-state index contributed by atoms with van der Waals surface area (Å²) in [5, 5.41) is 3.46. The Labute approximate surface area is 133 Å². The molecule has 0 radical (unpaired) electrons. The van der Waals surface area contributed by atoms with Crippen LogP contribution in [0.5, 0.6) is 5.75 Å². The van der Waals surface area contributed by atoms with E-state index in [2.05, 4.69) is 70.1 Å². The molecule has 2 nitrogen and oxygen atoms in total. The van der Waals surface area contributed by atoms with Gasteiger partial charge < -0.3 is 10.1 Å². The molecule has 104 valence electrons. The number of nitrogens with one attached hydrogen (secondary N) is 1. The summed E-state index contributed by atoms with van der Waals surface area (Å²) in [6.45, 7) is 9.96. The number of benzene rings is 1. The first-order chi connectivity index (χ1) is 7.83. The van der Waals surface area contributed by atoms with Gasteiger partial charge in [0.1, 0.15) is 5.75 Å². The van der Waals surface area contributed by atoms with Crippen molar-refractivity contribution in [3.05, 3.63) is 26.6 Å². The predicted octanol–water partition coefficient (Wildman–Crippen LogP) is 4.92. The first-order valence-corrected chi connectivity index (χ1v) is 7.28. The summed E-state index contributed by atoms with van der Waals surface area (Å²) in [5.41, 5.74) is 1.35. The summed E-state index contributed by atoms with van der Waals surface area (Å²) in [6, 6.07) is 4.18. The molecular formula is C13H20Br2ClNO. The Morgan fingerprint density at radius 3 is 2.06 bits per heavy atom. The third-order valence-corrected chi connectivity index (χ3v) is 3.35. The van der Waals surface area contributed by atoms with E-state index in [1.807, 2.05) is 6.92 Å². The molecule has 0 aliphatic carbocycles. The molecule has 1 aromatic rings. The van der Waals surface area contributed by atoms with Gasteiger partial charge in [-0.2, -0.15) is 0 Å². The molecule has 0 atom stereocenters. The molecule has 0 spiro atoms. The molecule has 0 fully saturated rings. The van der Waals surface area contributed by atoms with E-state index in [0.717, 1.165) is 21.2 Å². The van der Waals surface area contributed by atoms with Gasteiger partial charge in [0.05, 0.1) is 15.6 Å². The number of rotatable bonds is 4. The maximum absolute atomic E-state index is 5.55. The van der Waals surface area contributed by atoms with Crippen LogP contribution in [0.1, 0.15) is 33.3 Å². The number of hydrogen-bond acceptors (Lipinski definition) is 2. The van der Waals surface area contributed by atoms with Gasteiger partial charge in [-0.3, -0.25) is 0 Å². The zero-order valence-corrected chi connectivity index (χ0v) is 15.1. The molecule has 0 saturated heterocycles. The standard InChI is InChI=1S/C13H19Br2NO.ClH/c1-5-17-12-10(14)6-9(7-11(12)15)8-16-13(2,3)4;/h6-7,16H,5,8H2,1-4H3;1H. The normalized spacial score (nSPS) is 11.0. The Morgan fingerprint density at radius 2 is 1.67 bits per heavy atom. The van der Waals surface area contributed by atoms with Crippen molar-refractivity contribution < 1.29 is 4.74 Å². The molecule has 0 unspecified atom stereocenters.